The molecule has 0 N–H and O–H groups in total. The van der Waals surface area contributed by atoms with Gasteiger partial charge >= 0.3 is 0 Å². The molecule has 0 aliphatic rings. The molecule has 0 aliphatic heterocycles. The Morgan fingerprint density at radius 1 is 0.762 bits per heavy atom. The van der Waals surface area contributed by atoms with Crippen LogP contribution in [0.1, 0.15) is 41.0 Å². The van der Waals surface area contributed by atoms with Crippen LogP contribution in [0, 0.1) is 11.3 Å². The van der Waals surface area contributed by atoms with Crippen LogP contribution < -0.4 is 0 Å². The van der Waals surface area contributed by atoms with Crippen LogP contribution in [0.25, 0.3) is 0 Å². The largest absolute Gasteiger partial charge is 0.0843 e. The van der Waals surface area contributed by atoms with Gasteiger partial charge in [-0.1, -0.05) is 101 Å². The molecule has 0 nitrogen and oxygen atoms in total. The van der Waals surface area contributed by atoms with Crippen LogP contribution in [0.3, 0.4) is 0 Å². The maximum absolute atomic E-state index is 5.54. The van der Waals surface area contributed by atoms with Crippen molar-refractivity contribution < 1.29 is 0 Å². The van der Waals surface area contributed by atoms with Crippen molar-refractivity contribution in [3.63, 3.8) is 0 Å². The third-order valence-electron chi connectivity index (χ3n) is 2.42. The summed E-state index contributed by atoms with van der Waals surface area (Å²) >= 11 is 5.54. The molecule has 0 saturated heterocycles. The average Bonchev–Trinajstić information content (AvgIpc) is 2.40. The standard InChI is InChI=1S/C8H18.C6H5Cl.C6H6/c1-7(2)6-8(3,4)5;7-6-4-2-1-3-5-6;1-2-4-6-5-3-1/h7H,6H2,1-5H3;1-5H;1-6H. The lowest BCUT2D eigenvalue weighted by Gasteiger charge is -2.19. The van der Waals surface area contributed by atoms with Crippen LogP contribution in [0.4, 0.5) is 0 Å². The maximum Gasteiger partial charge on any atom is 0.0405 e. The van der Waals surface area contributed by atoms with Gasteiger partial charge in [-0.25, -0.2) is 0 Å². The van der Waals surface area contributed by atoms with Gasteiger partial charge in [-0.05, 0) is 29.9 Å². The zero-order chi connectivity index (χ0) is 16.1. The molecule has 0 aromatic heterocycles. The molecule has 0 heterocycles. The quantitative estimate of drug-likeness (QED) is 0.527. The van der Waals surface area contributed by atoms with Crippen molar-refractivity contribution in [1.82, 2.24) is 0 Å². The predicted molar refractivity (Wildman–Crippen MR) is 96.8 cm³/mol. The molecule has 2 aromatic carbocycles. The summed E-state index contributed by atoms with van der Waals surface area (Å²) in [5.41, 5.74) is 0.522. The van der Waals surface area contributed by atoms with Crippen molar-refractivity contribution in [3.8, 4) is 0 Å². The molecule has 0 saturated carbocycles. The lowest BCUT2D eigenvalue weighted by molar-refractivity contribution is 0.320. The smallest absolute Gasteiger partial charge is 0.0405 e. The van der Waals surface area contributed by atoms with Crippen molar-refractivity contribution >= 4 is 11.6 Å². The zero-order valence-electron chi connectivity index (χ0n) is 14.0. The first-order chi connectivity index (χ1) is 9.81. The van der Waals surface area contributed by atoms with E-state index in [1.54, 1.807) is 0 Å². The van der Waals surface area contributed by atoms with E-state index in [4.69, 9.17) is 11.6 Å². The van der Waals surface area contributed by atoms with E-state index in [1.165, 1.54) is 6.42 Å². The third kappa shape index (κ3) is 16.7. The SMILES string of the molecule is CC(C)CC(C)(C)C.Clc1ccccc1.c1ccccc1. The Labute approximate surface area is 136 Å². The van der Waals surface area contributed by atoms with Gasteiger partial charge in [-0.3, -0.25) is 0 Å². The highest BCUT2D eigenvalue weighted by Gasteiger charge is 2.11. The van der Waals surface area contributed by atoms with Gasteiger partial charge in [0, 0.05) is 5.02 Å². The summed E-state index contributed by atoms with van der Waals surface area (Å²) in [6.07, 6.45) is 1.33. The second-order valence-corrected chi connectivity index (χ2v) is 7.05. The van der Waals surface area contributed by atoms with Crippen LogP contribution in [0.5, 0.6) is 0 Å². The fraction of sp³-hybridized carbons (Fsp3) is 0.400. The number of benzene rings is 2. The van der Waals surface area contributed by atoms with Gasteiger partial charge in [0.15, 0.2) is 0 Å². The van der Waals surface area contributed by atoms with E-state index >= 15 is 0 Å². The second-order valence-electron chi connectivity index (χ2n) is 6.61. The molecule has 0 bridgehead atoms. The first kappa shape index (κ1) is 19.7. The summed E-state index contributed by atoms with van der Waals surface area (Å²) in [5, 5.41) is 0.794. The predicted octanol–water partition coefficient (Wildman–Crippen LogP) is 7.11. The molecule has 21 heavy (non-hydrogen) atoms. The van der Waals surface area contributed by atoms with Crippen molar-refractivity contribution in [2.45, 2.75) is 41.0 Å². The minimum absolute atomic E-state index is 0.522. The van der Waals surface area contributed by atoms with Gasteiger partial charge < -0.3 is 0 Å². The van der Waals surface area contributed by atoms with Gasteiger partial charge in [-0.15, -0.1) is 0 Å². The molecule has 0 unspecified atom stereocenters. The van der Waals surface area contributed by atoms with Crippen LogP contribution in [-0.2, 0) is 0 Å². The summed E-state index contributed by atoms with van der Waals surface area (Å²) in [4.78, 5) is 0. The molecule has 0 amide bonds. The first-order valence-electron chi connectivity index (χ1n) is 7.52. The van der Waals surface area contributed by atoms with Gasteiger partial charge in [0.25, 0.3) is 0 Å². The van der Waals surface area contributed by atoms with Crippen LogP contribution in [0.15, 0.2) is 66.7 Å². The maximum atomic E-state index is 5.54. The fourth-order valence-electron chi connectivity index (χ4n) is 2.02. The molecule has 1 heteroatoms. The molecule has 2 aromatic rings. The van der Waals surface area contributed by atoms with E-state index in [1.807, 2.05) is 66.7 Å². The van der Waals surface area contributed by atoms with Crippen LogP contribution in [0.2, 0.25) is 5.02 Å². The molecule has 0 atom stereocenters. The molecule has 0 fully saturated rings. The van der Waals surface area contributed by atoms with E-state index < -0.39 is 0 Å². The molecule has 2 rings (SSSR count). The minimum Gasteiger partial charge on any atom is -0.0843 e. The summed E-state index contributed by atoms with van der Waals surface area (Å²) in [7, 11) is 0. The van der Waals surface area contributed by atoms with E-state index in [0.717, 1.165) is 10.9 Å². The number of hydrogen-bond acceptors (Lipinski definition) is 0. The van der Waals surface area contributed by atoms with E-state index in [0.29, 0.717) is 5.41 Å². The highest BCUT2D eigenvalue weighted by molar-refractivity contribution is 6.30. The Kier molecular flexibility index (Phi) is 10.7. The van der Waals surface area contributed by atoms with E-state index in [9.17, 15) is 0 Å². The topological polar surface area (TPSA) is 0 Å². The second kappa shape index (κ2) is 11.4. The molecular weight excluding hydrogens is 276 g/mol. The molecule has 0 radical (unpaired) electrons. The highest BCUT2D eigenvalue weighted by Crippen LogP contribution is 2.23. The summed E-state index contributed by atoms with van der Waals surface area (Å²) in [6, 6.07) is 21.4. The molecular formula is C20H29Cl. The van der Waals surface area contributed by atoms with Gasteiger partial charge in [-0.2, -0.15) is 0 Å². The van der Waals surface area contributed by atoms with Gasteiger partial charge in [0.1, 0.15) is 0 Å². The monoisotopic (exact) mass is 304 g/mol. The Hall–Kier alpha value is -1.27. The Balaban J connectivity index is 0.000000288. The Bertz CT molecular complexity index is 400. The van der Waals surface area contributed by atoms with Crippen molar-refractivity contribution in [2.24, 2.45) is 11.3 Å². The Morgan fingerprint density at radius 2 is 1.10 bits per heavy atom. The van der Waals surface area contributed by atoms with Crippen molar-refractivity contribution in [2.75, 3.05) is 0 Å². The van der Waals surface area contributed by atoms with Crippen molar-refractivity contribution in [3.05, 3.63) is 71.8 Å². The lowest BCUT2D eigenvalue weighted by Crippen LogP contribution is -2.08. The molecule has 0 spiro atoms. The number of rotatable bonds is 1. The number of hydrogen-bond donors (Lipinski definition) is 0. The Morgan fingerprint density at radius 3 is 1.24 bits per heavy atom. The fourth-order valence-corrected chi connectivity index (χ4v) is 2.17. The van der Waals surface area contributed by atoms with Crippen molar-refractivity contribution in [1.29, 1.82) is 0 Å². The van der Waals surface area contributed by atoms with Crippen LogP contribution in [-0.4, -0.2) is 0 Å². The third-order valence-corrected chi connectivity index (χ3v) is 2.67. The lowest BCUT2D eigenvalue weighted by atomic mass is 9.86. The summed E-state index contributed by atoms with van der Waals surface area (Å²) in [6.45, 7) is 11.4. The zero-order valence-corrected chi connectivity index (χ0v) is 14.8. The molecule has 116 valence electrons. The first-order valence-corrected chi connectivity index (χ1v) is 7.89. The summed E-state index contributed by atoms with van der Waals surface area (Å²) < 4.78 is 0. The van der Waals surface area contributed by atoms with E-state index in [-0.39, 0.29) is 0 Å². The highest BCUT2D eigenvalue weighted by atomic mass is 35.5. The van der Waals surface area contributed by atoms with Gasteiger partial charge in [0.05, 0.1) is 0 Å². The van der Waals surface area contributed by atoms with E-state index in [2.05, 4.69) is 34.6 Å². The summed E-state index contributed by atoms with van der Waals surface area (Å²) in [5.74, 6) is 0.843. The number of halogens is 1. The molecule has 0 aliphatic carbocycles. The average molecular weight is 305 g/mol. The van der Waals surface area contributed by atoms with Crippen LogP contribution >= 0.6 is 11.6 Å². The minimum atomic E-state index is 0.522. The van der Waals surface area contributed by atoms with Gasteiger partial charge in [0.2, 0.25) is 0 Å². The normalized spacial score (nSPS) is 10.0.